The summed E-state index contributed by atoms with van der Waals surface area (Å²) in [6.45, 7) is 2.28. The van der Waals surface area contributed by atoms with E-state index in [2.05, 4.69) is 0 Å². The molecular formula is C18H28F4. The van der Waals surface area contributed by atoms with E-state index in [9.17, 15) is 17.6 Å². The molecule has 0 aromatic heterocycles. The smallest absolute Gasteiger partial charge is 0.250 e. The monoisotopic (exact) mass is 320 g/mol. The Morgan fingerprint density at radius 2 is 1.41 bits per heavy atom. The van der Waals surface area contributed by atoms with Gasteiger partial charge in [-0.15, -0.1) is 0 Å². The lowest BCUT2D eigenvalue weighted by Gasteiger charge is -2.63. The molecule has 0 aromatic rings. The van der Waals surface area contributed by atoms with Gasteiger partial charge in [0.05, 0.1) is 5.41 Å². The molecule has 22 heavy (non-hydrogen) atoms. The van der Waals surface area contributed by atoms with Crippen LogP contribution in [0.4, 0.5) is 17.6 Å². The van der Waals surface area contributed by atoms with Crippen molar-refractivity contribution in [3.8, 4) is 0 Å². The van der Waals surface area contributed by atoms with Crippen LogP contribution in [0.1, 0.15) is 65.2 Å². The zero-order chi connectivity index (χ0) is 16.2. The van der Waals surface area contributed by atoms with Crippen molar-refractivity contribution in [3.05, 3.63) is 0 Å². The van der Waals surface area contributed by atoms with Gasteiger partial charge in [-0.2, -0.15) is 13.2 Å². The molecule has 4 bridgehead atoms. The van der Waals surface area contributed by atoms with E-state index in [0.29, 0.717) is 11.8 Å². The molecule has 4 fully saturated rings. The van der Waals surface area contributed by atoms with Crippen molar-refractivity contribution in [3.63, 3.8) is 0 Å². The summed E-state index contributed by atoms with van der Waals surface area (Å²) in [4.78, 5) is 0. The zero-order valence-corrected chi connectivity index (χ0v) is 13.7. The largest absolute Gasteiger partial charge is 0.397 e. The second-order valence-electron chi connectivity index (χ2n) is 8.33. The molecule has 0 aromatic carbocycles. The molecule has 0 nitrogen and oxygen atoms in total. The molecule has 4 aliphatic rings. The highest BCUT2D eigenvalue weighted by Crippen LogP contribution is 2.67. The van der Waals surface area contributed by atoms with Crippen LogP contribution in [-0.2, 0) is 0 Å². The second kappa shape index (κ2) is 5.37. The number of rotatable bonds is 5. The fourth-order valence-corrected chi connectivity index (χ4v) is 6.39. The molecule has 0 amide bonds. The molecule has 128 valence electrons. The molecule has 4 saturated carbocycles. The molecule has 4 rings (SSSR count). The first kappa shape index (κ1) is 16.6. The third kappa shape index (κ3) is 2.23. The fourth-order valence-electron chi connectivity index (χ4n) is 6.39. The number of alkyl halides is 4. The van der Waals surface area contributed by atoms with Gasteiger partial charge in [-0.25, -0.2) is 0 Å². The predicted molar refractivity (Wildman–Crippen MR) is 79.1 cm³/mol. The van der Waals surface area contributed by atoms with Gasteiger partial charge in [0.25, 0.3) is 0 Å². The summed E-state index contributed by atoms with van der Waals surface area (Å²) in [6.07, 6.45) is 1.86. The van der Waals surface area contributed by atoms with Crippen LogP contribution in [-0.4, -0.2) is 12.9 Å². The number of hydrogen-bond acceptors (Lipinski definition) is 0. The van der Waals surface area contributed by atoms with E-state index >= 15 is 0 Å². The lowest BCUT2D eigenvalue weighted by Crippen LogP contribution is -2.56. The van der Waals surface area contributed by atoms with Crippen molar-refractivity contribution in [1.29, 1.82) is 0 Å². The van der Waals surface area contributed by atoms with Crippen LogP contribution in [0.3, 0.4) is 0 Å². The molecule has 1 unspecified atom stereocenters. The van der Waals surface area contributed by atoms with E-state index in [1.807, 2.05) is 6.92 Å². The van der Waals surface area contributed by atoms with E-state index in [4.69, 9.17) is 0 Å². The SMILES string of the molecule is CCC1(CC(CC)(CF)C(F)(F)F)C2CC3CC(C2)CC1C3. The Morgan fingerprint density at radius 3 is 1.73 bits per heavy atom. The normalized spacial score (nSPS) is 43.4. The van der Waals surface area contributed by atoms with Crippen LogP contribution in [0.2, 0.25) is 0 Å². The van der Waals surface area contributed by atoms with Gasteiger partial charge in [0.15, 0.2) is 0 Å². The highest BCUT2D eigenvalue weighted by Gasteiger charge is 2.63. The minimum absolute atomic E-state index is 0.0156. The molecule has 0 aliphatic heterocycles. The zero-order valence-electron chi connectivity index (χ0n) is 13.7. The lowest BCUT2D eigenvalue weighted by atomic mass is 9.42. The third-order valence-electron chi connectivity index (χ3n) is 7.62. The predicted octanol–water partition coefficient (Wildman–Crippen LogP) is 6.16. The van der Waals surface area contributed by atoms with Crippen molar-refractivity contribution >= 4 is 0 Å². The van der Waals surface area contributed by atoms with E-state index < -0.39 is 18.3 Å². The maximum Gasteiger partial charge on any atom is 0.397 e. The molecule has 0 heterocycles. The van der Waals surface area contributed by atoms with E-state index in [1.165, 1.54) is 13.3 Å². The Bertz CT molecular complexity index is 380. The quantitative estimate of drug-likeness (QED) is 0.532. The van der Waals surface area contributed by atoms with Crippen LogP contribution in [0.5, 0.6) is 0 Å². The summed E-state index contributed by atoms with van der Waals surface area (Å²) < 4.78 is 54.6. The topological polar surface area (TPSA) is 0 Å². The van der Waals surface area contributed by atoms with Gasteiger partial charge in [0, 0.05) is 0 Å². The number of hydrogen-bond donors (Lipinski definition) is 0. The highest BCUT2D eigenvalue weighted by molar-refractivity contribution is 5.08. The molecule has 0 N–H and O–H groups in total. The first-order valence-electron chi connectivity index (χ1n) is 8.93. The van der Waals surface area contributed by atoms with Gasteiger partial charge in [-0.05, 0) is 80.5 Å². The first-order valence-corrected chi connectivity index (χ1v) is 8.93. The van der Waals surface area contributed by atoms with Crippen LogP contribution >= 0.6 is 0 Å². The van der Waals surface area contributed by atoms with Gasteiger partial charge in [-0.3, -0.25) is 4.39 Å². The molecule has 1 atom stereocenters. The Labute approximate surface area is 131 Å². The summed E-state index contributed by atoms with van der Waals surface area (Å²) in [7, 11) is 0. The third-order valence-corrected chi connectivity index (χ3v) is 7.62. The van der Waals surface area contributed by atoms with Crippen LogP contribution in [0.25, 0.3) is 0 Å². The fraction of sp³-hybridized carbons (Fsp3) is 1.00. The summed E-state index contributed by atoms with van der Waals surface area (Å²) >= 11 is 0. The Hall–Kier alpha value is -0.280. The van der Waals surface area contributed by atoms with Gasteiger partial charge in [-0.1, -0.05) is 13.8 Å². The van der Waals surface area contributed by atoms with Crippen molar-refractivity contribution in [1.82, 2.24) is 0 Å². The van der Waals surface area contributed by atoms with Crippen LogP contribution in [0.15, 0.2) is 0 Å². The van der Waals surface area contributed by atoms with Crippen LogP contribution in [0, 0.1) is 34.5 Å². The van der Waals surface area contributed by atoms with Gasteiger partial charge in [0.2, 0.25) is 0 Å². The maximum atomic E-state index is 13.7. The van der Waals surface area contributed by atoms with Crippen molar-refractivity contribution in [2.75, 3.05) is 6.67 Å². The summed E-state index contributed by atoms with van der Waals surface area (Å²) in [5.74, 6) is 2.26. The maximum absolute atomic E-state index is 13.7. The summed E-state index contributed by atoms with van der Waals surface area (Å²) in [5, 5.41) is 0. The molecule has 0 radical (unpaired) electrons. The average molecular weight is 320 g/mol. The van der Waals surface area contributed by atoms with Crippen molar-refractivity contribution < 1.29 is 17.6 Å². The molecular weight excluding hydrogens is 292 g/mol. The molecule has 0 spiro atoms. The Morgan fingerprint density at radius 1 is 0.909 bits per heavy atom. The molecule has 4 heteroatoms. The van der Waals surface area contributed by atoms with Crippen LogP contribution < -0.4 is 0 Å². The molecule has 4 aliphatic carbocycles. The van der Waals surface area contributed by atoms with Crippen molar-refractivity contribution in [2.45, 2.75) is 71.4 Å². The Kier molecular flexibility index (Phi) is 4.05. The number of halogens is 4. The van der Waals surface area contributed by atoms with Gasteiger partial charge in [0.1, 0.15) is 6.67 Å². The van der Waals surface area contributed by atoms with Crippen molar-refractivity contribution in [2.24, 2.45) is 34.5 Å². The minimum atomic E-state index is -4.44. The standard InChI is InChI=1S/C18H28F4/c1-3-16(11-19,18(20,21)22)10-17(4-2)14-6-12-5-13(8-14)9-15(17)7-12/h12-15H,3-11H2,1-2H3. The van der Waals surface area contributed by atoms with E-state index in [0.717, 1.165) is 43.9 Å². The first-order chi connectivity index (χ1) is 10.3. The summed E-state index contributed by atoms with van der Waals surface area (Å²) in [5.41, 5.74) is -2.40. The average Bonchev–Trinajstić information content (AvgIpc) is 2.46. The lowest BCUT2D eigenvalue weighted by molar-refractivity contribution is -0.256. The second-order valence-corrected chi connectivity index (χ2v) is 8.33. The highest BCUT2D eigenvalue weighted by atomic mass is 19.4. The summed E-state index contributed by atoms with van der Waals surface area (Å²) in [6, 6.07) is 0. The van der Waals surface area contributed by atoms with E-state index in [-0.39, 0.29) is 18.3 Å². The van der Waals surface area contributed by atoms with Gasteiger partial charge < -0.3 is 0 Å². The Balaban J connectivity index is 1.93. The molecule has 0 saturated heterocycles. The van der Waals surface area contributed by atoms with Gasteiger partial charge >= 0.3 is 6.18 Å². The minimum Gasteiger partial charge on any atom is -0.250 e. The van der Waals surface area contributed by atoms with E-state index in [1.54, 1.807) is 0 Å².